The van der Waals surface area contributed by atoms with E-state index in [4.69, 9.17) is 14.7 Å². The predicted octanol–water partition coefficient (Wildman–Crippen LogP) is 1.49. The fourth-order valence-corrected chi connectivity index (χ4v) is 3.88. The van der Waals surface area contributed by atoms with E-state index in [-0.39, 0.29) is 12.7 Å². The second kappa shape index (κ2) is 6.31. The van der Waals surface area contributed by atoms with Gasteiger partial charge < -0.3 is 5.11 Å². The molecule has 5 nitrogen and oxygen atoms in total. The van der Waals surface area contributed by atoms with Gasteiger partial charge in [-0.25, -0.2) is 0 Å². The summed E-state index contributed by atoms with van der Waals surface area (Å²) in [5.41, 5.74) is 0.507. The molecule has 0 aromatic rings. The molecule has 19 heavy (non-hydrogen) atoms. The third kappa shape index (κ3) is 3.64. The molecule has 3 fully saturated rings. The molecule has 0 spiro atoms. The summed E-state index contributed by atoms with van der Waals surface area (Å²) in [6.45, 7) is 5.89. The third-order valence-corrected chi connectivity index (χ3v) is 4.95. The van der Waals surface area contributed by atoms with E-state index in [1.807, 2.05) is 11.9 Å². The lowest BCUT2D eigenvalue weighted by molar-refractivity contribution is -0.191. The van der Waals surface area contributed by atoms with Crippen LogP contribution < -0.4 is 0 Å². The van der Waals surface area contributed by atoms with Crippen molar-refractivity contribution in [3.63, 3.8) is 0 Å². The summed E-state index contributed by atoms with van der Waals surface area (Å²) in [5, 5.41) is 8.75. The number of likely N-dealkylation sites (N-methyl/N-ethyl adjacent to an activating group) is 1. The van der Waals surface area contributed by atoms with Crippen LogP contribution in [0.1, 0.15) is 33.1 Å². The van der Waals surface area contributed by atoms with Crippen LogP contribution in [-0.4, -0.2) is 42.3 Å². The number of carboxylic acid groups (broad SMARTS) is 1. The highest BCUT2D eigenvalue weighted by Gasteiger charge is 2.54. The summed E-state index contributed by atoms with van der Waals surface area (Å²) < 4.78 is 0. The first kappa shape index (κ1) is 15.9. The number of carbonyl (C=O) groups is 1. The van der Waals surface area contributed by atoms with E-state index < -0.39 is 5.97 Å². The van der Waals surface area contributed by atoms with Crippen LogP contribution in [0.15, 0.2) is 0 Å². The van der Waals surface area contributed by atoms with Crippen molar-refractivity contribution in [1.82, 2.24) is 4.90 Å². The van der Waals surface area contributed by atoms with Crippen LogP contribution in [0.4, 0.5) is 0 Å². The Kier molecular flexibility index (Phi) is 5.27. The zero-order chi connectivity index (χ0) is 14.6. The van der Waals surface area contributed by atoms with Crippen molar-refractivity contribution in [3.8, 4) is 0 Å². The van der Waals surface area contributed by atoms with Gasteiger partial charge in [0, 0.05) is 6.54 Å². The Morgan fingerprint density at radius 1 is 1.37 bits per heavy atom. The van der Waals surface area contributed by atoms with Crippen molar-refractivity contribution in [2.45, 2.75) is 33.1 Å². The molecule has 108 valence electrons. The van der Waals surface area contributed by atoms with E-state index in [1.54, 1.807) is 0 Å². The quantitative estimate of drug-likeness (QED) is 0.837. The van der Waals surface area contributed by atoms with Crippen molar-refractivity contribution < 1.29 is 19.5 Å². The maximum Gasteiger partial charge on any atom is 0.373 e. The topological polar surface area (TPSA) is 74.7 Å². The molecule has 3 aliphatic carbocycles. The van der Waals surface area contributed by atoms with Gasteiger partial charge in [-0.1, -0.05) is 13.8 Å². The smallest absolute Gasteiger partial charge is 0.373 e. The van der Waals surface area contributed by atoms with Gasteiger partial charge in [0.2, 0.25) is 0 Å². The molecule has 0 saturated heterocycles. The van der Waals surface area contributed by atoms with Crippen LogP contribution in [0.3, 0.4) is 0 Å². The van der Waals surface area contributed by atoms with Crippen molar-refractivity contribution in [2.75, 3.05) is 20.1 Å². The molecule has 3 saturated carbocycles. The normalized spacial score (nSPS) is 30.6. The maximum atomic E-state index is 10.6. The fourth-order valence-electron chi connectivity index (χ4n) is 3.88. The maximum absolute atomic E-state index is 10.6. The van der Waals surface area contributed by atoms with Gasteiger partial charge in [0.1, 0.15) is 0 Å². The van der Waals surface area contributed by atoms with Gasteiger partial charge in [0.15, 0.2) is 0 Å². The van der Waals surface area contributed by atoms with Gasteiger partial charge in [0.25, 0.3) is 0 Å². The molecule has 3 atom stereocenters. The van der Waals surface area contributed by atoms with Gasteiger partial charge in [-0.15, -0.1) is 0 Å². The Balaban J connectivity index is 0.000000550. The highest BCUT2D eigenvalue weighted by Crippen LogP contribution is 2.61. The Morgan fingerprint density at radius 3 is 2.37 bits per heavy atom. The monoisotopic (exact) mass is 269 g/mol. The minimum atomic E-state index is -0.718. The van der Waals surface area contributed by atoms with Gasteiger partial charge in [-0.2, -0.15) is 9.59 Å². The number of aliphatic carboxylic acids is 1. The van der Waals surface area contributed by atoms with Crippen LogP contribution in [0.25, 0.3) is 0 Å². The molecule has 3 aliphatic rings. The average Bonchev–Trinajstić information content (AvgIpc) is 2.28. The van der Waals surface area contributed by atoms with Crippen molar-refractivity contribution in [3.05, 3.63) is 0 Å². The summed E-state index contributed by atoms with van der Waals surface area (Å²) in [6, 6.07) is 0. The minimum Gasteiger partial charge on any atom is -0.480 e. The summed E-state index contributed by atoms with van der Waals surface area (Å²) in [4.78, 5) is 28.8. The first-order chi connectivity index (χ1) is 8.82. The number of fused-ring (bicyclic) bond motifs is 2. The fraction of sp³-hybridized carbons (Fsp3) is 0.857. The number of carboxylic acids is 1. The summed E-state index contributed by atoms with van der Waals surface area (Å²) >= 11 is 0. The van der Waals surface area contributed by atoms with Crippen LogP contribution >= 0.6 is 0 Å². The van der Waals surface area contributed by atoms with Gasteiger partial charge in [-0.3, -0.25) is 9.69 Å². The van der Waals surface area contributed by atoms with Crippen molar-refractivity contribution in [1.29, 1.82) is 0 Å². The molecule has 0 heterocycles. The van der Waals surface area contributed by atoms with E-state index in [9.17, 15) is 4.79 Å². The van der Waals surface area contributed by atoms with Crippen molar-refractivity contribution in [2.24, 2.45) is 23.2 Å². The highest BCUT2D eigenvalue weighted by atomic mass is 16.4. The Morgan fingerprint density at radius 2 is 1.95 bits per heavy atom. The zero-order valence-electron chi connectivity index (χ0n) is 11.9. The van der Waals surface area contributed by atoms with E-state index in [1.165, 1.54) is 19.3 Å². The molecule has 5 heteroatoms. The Bertz CT molecular complexity index is 358. The molecule has 2 bridgehead atoms. The van der Waals surface area contributed by atoms with Crippen molar-refractivity contribution >= 4 is 12.1 Å². The summed E-state index contributed by atoms with van der Waals surface area (Å²) in [7, 11) is 1.92. The standard InChI is InChI=1S/C13H23NO2.CO2/c1-13(2)10-5-4-9(11(13)6-10)7-14(3)8-12(15)16;2-1-3/h9-11H,4-8H2,1-3H3,(H,15,16);/t9?,10-,11?;/m1./s1. The highest BCUT2D eigenvalue weighted by molar-refractivity contribution is 5.68. The molecule has 3 rings (SSSR count). The summed E-state index contributed by atoms with van der Waals surface area (Å²) in [5.74, 6) is 1.74. The predicted molar refractivity (Wildman–Crippen MR) is 68.2 cm³/mol. The SMILES string of the molecule is CN(CC(=O)O)CC1CC[C@@H]2CC1C2(C)C.O=C=O. The number of hydrogen-bond acceptors (Lipinski definition) is 4. The molecule has 0 aromatic heterocycles. The molecule has 2 unspecified atom stereocenters. The minimum absolute atomic E-state index is 0.174. The first-order valence-corrected chi connectivity index (χ1v) is 6.72. The lowest BCUT2D eigenvalue weighted by atomic mass is 9.45. The van der Waals surface area contributed by atoms with Gasteiger partial charge >= 0.3 is 12.1 Å². The van der Waals surface area contributed by atoms with Crippen LogP contribution in [-0.2, 0) is 14.4 Å². The van der Waals surface area contributed by atoms with E-state index in [0.717, 1.165) is 18.4 Å². The molecule has 0 aromatic carbocycles. The van der Waals surface area contributed by atoms with Crippen LogP contribution in [0.5, 0.6) is 0 Å². The van der Waals surface area contributed by atoms with E-state index >= 15 is 0 Å². The van der Waals surface area contributed by atoms with E-state index in [2.05, 4.69) is 13.8 Å². The molecular weight excluding hydrogens is 246 g/mol. The average molecular weight is 269 g/mol. The molecule has 0 radical (unpaired) electrons. The molecule has 0 aliphatic heterocycles. The van der Waals surface area contributed by atoms with Gasteiger partial charge in [0.05, 0.1) is 6.54 Å². The number of carbonyl (C=O) groups excluding carboxylic acids is 2. The largest absolute Gasteiger partial charge is 0.480 e. The molecule has 0 amide bonds. The first-order valence-electron chi connectivity index (χ1n) is 6.72. The number of rotatable bonds is 4. The second-order valence-corrected chi connectivity index (χ2v) is 6.37. The third-order valence-electron chi connectivity index (χ3n) is 4.95. The second-order valence-electron chi connectivity index (χ2n) is 6.37. The zero-order valence-corrected chi connectivity index (χ0v) is 11.9. The van der Waals surface area contributed by atoms with E-state index in [0.29, 0.717) is 11.3 Å². The van der Waals surface area contributed by atoms with Gasteiger partial charge in [-0.05, 0) is 49.5 Å². The number of hydrogen-bond donors (Lipinski definition) is 1. The Labute approximate surface area is 114 Å². The summed E-state index contributed by atoms with van der Waals surface area (Å²) in [6.07, 6.45) is 4.26. The molecule has 1 N–H and O–H groups in total. The Hall–Kier alpha value is -1.19. The molecular formula is C14H23NO4. The number of nitrogens with zero attached hydrogens (tertiary/aromatic N) is 1. The van der Waals surface area contributed by atoms with Crippen LogP contribution in [0, 0.1) is 23.2 Å². The lowest BCUT2D eigenvalue weighted by Crippen LogP contribution is -2.54. The van der Waals surface area contributed by atoms with Crippen LogP contribution in [0.2, 0.25) is 0 Å². The lowest BCUT2D eigenvalue weighted by Gasteiger charge is -2.60.